The number of benzene rings is 3. The number of fused-ring (bicyclic) bond motifs is 1. The van der Waals surface area contributed by atoms with Crippen molar-refractivity contribution in [2.45, 2.75) is 23.6 Å². The predicted octanol–water partition coefficient (Wildman–Crippen LogP) is 4.76. The van der Waals surface area contributed by atoms with Gasteiger partial charge in [0.15, 0.2) is 0 Å². The predicted molar refractivity (Wildman–Crippen MR) is 134 cm³/mol. The summed E-state index contributed by atoms with van der Waals surface area (Å²) in [7, 11) is -4.72. The molecule has 16 heteroatoms. The van der Waals surface area contributed by atoms with Crippen molar-refractivity contribution < 1.29 is 32.7 Å². The molecule has 37 heavy (non-hydrogen) atoms. The van der Waals surface area contributed by atoms with Crippen LogP contribution in [0.25, 0.3) is 10.8 Å². The maximum Gasteiger partial charge on any atom is 0.296 e. The molecule has 4 rings (SSSR count). The van der Waals surface area contributed by atoms with Gasteiger partial charge in [0.2, 0.25) is 5.95 Å². The van der Waals surface area contributed by atoms with E-state index in [1.807, 2.05) is 0 Å². The molecule has 0 radical (unpaired) electrons. The van der Waals surface area contributed by atoms with Crippen LogP contribution in [0.1, 0.15) is 11.4 Å². The Balaban J connectivity index is 1.78. The van der Waals surface area contributed by atoms with E-state index in [0.29, 0.717) is 33.7 Å². The molecule has 0 aliphatic rings. The van der Waals surface area contributed by atoms with Crippen LogP contribution in [0.5, 0.6) is 5.75 Å². The number of anilines is 3. The molecule has 0 fully saturated rings. The highest BCUT2D eigenvalue weighted by atomic mass is 32.2. The van der Waals surface area contributed by atoms with Crippen molar-refractivity contribution >= 4 is 61.6 Å². The number of aromatic hydroxyl groups is 1. The van der Waals surface area contributed by atoms with Gasteiger partial charge in [0.25, 0.3) is 10.1 Å². The molecule has 1 aromatic heterocycles. The quantitative estimate of drug-likeness (QED) is 0.0504. The van der Waals surface area contributed by atoms with Crippen molar-refractivity contribution in [2.75, 3.05) is 11.1 Å². The van der Waals surface area contributed by atoms with Gasteiger partial charge in [-0.3, -0.25) is 4.55 Å². The zero-order chi connectivity index (χ0) is 26.7. The minimum absolute atomic E-state index is 0.0764. The second-order valence-corrected chi connectivity index (χ2v) is 9.73. The Morgan fingerprint density at radius 1 is 1.11 bits per heavy atom. The molecule has 4 aromatic rings. The first-order valence-electron chi connectivity index (χ1n) is 10.2. The van der Waals surface area contributed by atoms with E-state index in [4.69, 9.17) is 11.0 Å². The van der Waals surface area contributed by atoms with Crippen molar-refractivity contribution in [2.24, 2.45) is 10.2 Å². The molecule has 1 heterocycles. The molecule has 14 nitrogen and oxygen atoms in total. The monoisotopic (exact) mass is 545 g/mol. The lowest BCUT2D eigenvalue weighted by Gasteiger charge is -2.12. The van der Waals surface area contributed by atoms with Gasteiger partial charge in [-0.15, -0.1) is 14.6 Å². The molecule has 0 saturated heterocycles. The van der Waals surface area contributed by atoms with E-state index >= 15 is 0 Å². The molecule has 0 saturated carbocycles. The number of aromatic nitrogens is 3. The van der Waals surface area contributed by atoms with Gasteiger partial charge in [0.05, 0.1) is 23.1 Å². The zero-order valence-electron chi connectivity index (χ0n) is 19.1. The molecular weight excluding hydrogens is 526 g/mol. The summed E-state index contributed by atoms with van der Waals surface area (Å²) in [6.45, 7) is 3.38. The molecule has 3 aromatic carbocycles. The highest BCUT2D eigenvalue weighted by Gasteiger charge is 2.19. The lowest BCUT2D eigenvalue weighted by Crippen LogP contribution is -2.02. The van der Waals surface area contributed by atoms with E-state index < -0.39 is 15.0 Å². The summed E-state index contributed by atoms with van der Waals surface area (Å²) in [4.78, 5) is 11.8. The van der Waals surface area contributed by atoms with Crippen LogP contribution < -0.4 is 11.1 Å². The van der Waals surface area contributed by atoms with E-state index in [2.05, 4.69) is 39.9 Å². The summed E-state index contributed by atoms with van der Waals surface area (Å²) < 4.78 is 38.4. The van der Waals surface area contributed by atoms with Gasteiger partial charge in [-0.25, -0.2) is 15.2 Å². The molecule has 0 atom stereocenters. The van der Waals surface area contributed by atoms with Crippen molar-refractivity contribution in [3.8, 4) is 5.75 Å². The number of azo groups is 1. The lowest BCUT2D eigenvalue weighted by molar-refractivity contribution is -0.432. The van der Waals surface area contributed by atoms with Crippen LogP contribution >= 0.6 is 12.0 Å². The van der Waals surface area contributed by atoms with Crippen LogP contribution in [-0.4, -0.2) is 38.3 Å². The minimum Gasteiger partial charge on any atom is -0.507 e. The van der Waals surface area contributed by atoms with E-state index in [-0.39, 0.29) is 39.8 Å². The summed E-state index contributed by atoms with van der Waals surface area (Å²) in [6.07, 6.45) is 1.29. The SMILES string of the molecule is Cc1ncnc(Nc2ccc(N=Nc3c(N)c(C)cc4cc(SOOO)cc(O)c34)c(S(=O)(=O)O)c2)n1. The average Bonchev–Trinajstić information content (AvgIpc) is 2.83. The largest absolute Gasteiger partial charge is 0.507 e. The van der Waals surface area contributed by atoms with Crippen molar-refractivity contribution in [1.29, 1.82) is 0 Å². The van der Waals surface area contributed by atoms with Gasteiger partial charge in [0.1, 0.15) is 34.2 Å². The first-order chi connectivity index (χ1) is 17.6. The Morgan fingerprint density at radius 2 is 1.89 bits per heavy atom. The Bertz CT molecular complexity index is 1630. The standard InChI is InChI=1S/C21H19N7O7S2/c1-10-5-12-6-14(36-35-34-30)8-16(29)18(12)20(19(10)22)28-27-15-4-3-13(7-17(15)37(31,32)33)26-21-24-9-23-11(2)25-21/h3-9,29-30H,22H2,1-2H3,(H,31,32,33)(H,23,24,25,26). The number of nitrogens with two attached hydrogens (primary N) is 1. The number of hydrogen-bond acceptors (Lipinski definition) is 14. The first-order valence-corrected chi connectivity index (χ1v) is 12.4. The molecule has 0 aliphatic heterocycles. The molecule has 6 N–H and O–H groups in total. The summed E-state index contributed by atoms with van der Waals surface area (Å²) >= 11 is 0.652. The van der Waals surface area contributed by atoms with Crippen molar-refractivity contribution in [1.82, 2.24) is 15.0 Å². The summed E-state index contributed by atoms with van der Waals surface area (Å²) in [5.41, 5.74) is 7.15. The van der Waals surface area contributed by atoms with Gasteiger partial charge in [-0.05, 0) is 61.2 Å². The summed E-state index contributed by atoms with van der Waals surface area (Å²) in [6, 6.07) is 8.59. The van der Waals surface area contributed by atoms with Crippen LogP contribution in [0, 0.1) is 13.8 Å². The zero-order valence-corrected chi connectivity index (χ0v) is 20.8. The van der Waals surface area contributed by atoms with E-state index in [9.17, 15) is 18.1 Å². The molecule has 0 spiro atoms. The normalized spacial score (nSPS) is 11.9. The molecule has 0 amide bonds. The molecular formula is C21H19N7O7S2. The van der Waals surface area contributed by atoms with Crippen molar-refractivity contribution in [3.63, 3.8) is 0 Å². The number of phenolic OH excluding ortho intramolecular Hbond substituents is 1. The number of nitrogen functional groups attached to an aromatic ring is 1. The second kappa shape index (κ2) is 10.6. The van der Waals surface area contributed by atoms with Gasteiger partial charge in [-0.2, -0.15) is 13.4 Å². The third-order valence-electron chi connectivity index (χ3n) is 5.01. The first kappa shape index (κ1) is 26.1. The van der Waals surface area contributed by atoms with Gasteiger partial charge in [-0.1, -0.05) is 5.04 Å². The van der Waals surface area contributed by atoms with E-state index in [1.165, 1.54) is 24.5 Å². The highest BCUT2D eigenvalue weighted by Crippen LogP contribution is 2.43. The summed E-state index contributed by atoms with van der Waals surface area (Å²) in [5.74, 6) is 0.389. The van der Waals surface area contributed by atoms with Crippen LogP contribution in [0.4, 0.5) is 28.7 Å². The highest BCUT2D eigenvalue weighted by molar-refractivity contribution is 7.94. The Labute approximate surface area is 214 Å². The fourth-order valence-electron chi connectivity index (χ4n) is 3.39. The Hall–Kier alpha value is -3.93. The molecule has 192 valence electrons. The maximum atomic E-state index is 12.1. The van der Waals surface area contributed by atoms with Crippen molar-refractivity contribution in [3.05, 3.63) is 54.1 Å². The molecule has 0 bridgehead atoms. The fraction of sp³-hybridized carbons (Fsp3) is 0.0952. The topological polar surface area (TPSA) is 215 Å². The number of hydrogen-bond donors (Lipinski definition) is 5. The second-order valence-electron chi connectivity index (χ2n) is 7.56. The van der Waals surface area contributed by atoms with Crippen LogP contribution in [0.3, 0.4) is 0 Å². The van der Waals surface area contributed by atoms with Gasteiger partial charge >= 0.3 is 0 Å². The van der Waals surface area contributed by atoms with Crippen LogP contribution in [-0.2, 0) is 19.5 Å². The van der Waals surface area contributed by atoms with E-state index in [0.717, 1.165) is 6.07 Å². The number of aryl methyl sites for hydroxylation is 2. The fourth-order valence-corrected chi connectivity index (χ4v) is 4.48. The van der Waals surface area contributed by atoms with Crippen LogP contribution in [0.15, 0.2) is 62.7 Å². The number of nitrogens with zero attached hydrogens (tertiary/aromatic N) is 5. The number of nitrogens with one attached hydrogen (secondary N) is 1. The smallest absolute Gasteiger partial charge is 0.296 e. The maximum absolute atomic E-state index is 12.1. The minimum atomic E-state index is -4.72. The number of rotatable bonds is 8. The third-order valence-corrected chi connectivity index (χ3v) is 6.45. The van der Waals surface area contributed by atoms with Crippen LogP contribution in [0.2, 0.25) is 0 Å². The summed E-state index contributed by atoms with van der Waals surface area (Å²) in [5, 5.41) is 34.3. The van der Waals surface area contributed by atoms with E-state index in [1.54, 1.807) is 26.0 Å². The Morgan fingerprint density at radius 3 is 2.59 bits per heavy atom. The molecule has 0 aliphatic carbocycles. The van der Waals surface area contributed by atoms with Gasteiger partial charge < -0.3 is 16.2 Å². The average molecular weight is 546 g/mol. The van der Waals surface area contributed by atoms with Gasteiger partial charge in [0, 0.05) is 10.6 Å². The lowest BCUT2D eigenvalue weighted by atomic mass is 10.0. The Kier molecular flexibility index (Phi) is 7.48. The molecule has 0 unspecified atom stereocenters. The third kappa shape index (κ3) is 5.91. The number of phenols is 1.